The van der Waals surface area contributed by atoms with Crippen LogP contribution in [0.3, 0.4) is 0 Å². The number of fused-ring (bicyclic) bond motifs is 2. The minimum atomic E-state index is -0.489. The molecule has 3 aromatic rings. The Morgan fingerprint density at radius 2 is 1.75 bits per heavy atom. The van der Waals surface area contributed by atoms with Gasteiger partial charge in [0.15, 0.2) is 0 Å². The van der Waals surface area contributed by atoms with E-state index in [4.69, 9.17) is 0 Å². The summed E-state index contributed by atoms with van der Waals surface area (Å²) in [5, 5.41) is 15.7. The summed E-state index contributed by atoms with van der Waals surface area (Å²) in [6, 6.07) is 17.7. The van der Waals surface area contributed by atoms with Crippen LogP contribution >= 0.6 is 0 Å². The van der Waals surface area contributed by atoms with Crippen molar-refractivity contribution in [2.75, 3.05) is 5.32 Å². The molecule has 0 aromatic heterocycles. The third-order valence-corrected chi connectivity index (χ3v) is 3.91. The lowest BCUT2D eigenvalue weighted by atomic mass is 10.1. The highest BCUT2D eigenvalue weighted by atomic mass is 16.6. The Kier molecular flexibility index (Phi) is 3.09. The number of hydrogen-bond donors (Lipinski definition) is 1. The number of rotatable bonds is 2. The van der Waals surface area contributed by atoms with Crippen LogP contribution in [-0.2, 0) is 4.79 Å². The fourth-order valence-corrected chi connectivity index (χ4v) is 2.74. The normalized spacial score (nSPS) is 14.7. The van der Waals surface area contributed by atoms with Crippen LogP contribution in [0.25, 0.3) is 10.8 Å². The maximum Gasteiger partial charge on any atom is 0.275 e. The third-order valence-electron chi connectivity index (χ3n) is 3.91. The summed E-state index contributed by atoms with van der Waals surface area (Å²) in [5.41, 5.74) is 1.71. The molecule has 6 nitrogen and oxygen atoms in total. The molecule has 1 aliphatic rings. The molecule has 1 N–H and O–H groups in total. The van der Waals surface area contributed by atoms with Gasteiger partial charge in [-0.2, -0.15) is 0 Å². The summed E-state index contributed by atoms with van der Waals surface area (Å²) in [4.78, 5) is 27.0. The number of nitro groups is 1. The molecule has 0 saturated carbocycles. The number of hydrogen-bond acceptors (Lipinski definition) is 4. The molecule has 1 heterocycles. The maximum atomic E-state index is 12.2. The van der Waals surface area contributed by atoms with Gasteiger partial charge in [-0.3, -0.25) is 14.9 Å². The Bertz CT molecular complexity index is 1040. The Labute approximate surface area is 136 Å². The van der Waals surface area contributed by atoms with Crippen molar-refractivity contribution >= 4 is 39.5 Å². The fraction of sp³-hybridized carbons (Fsp3) is 0. The van der Waals surface area contributed by atoms with Gasteiger partial charge < -0.3 is 5.32 Å². The van der Waals surface area contributed by atoms with E-state index in [-0.39, 0.29) is 17.3 Å². The highest BCUT2D eigenvalue weighted by molar-refractivity contribution is 6.54. The Hall–Kier alpha value is -3.54. The average molecular weight is 317 g/mol. The van der Waals surface area contributed by atoms with Crippen LogP contribution in [0.2, 0.25) is 0 Å². The molecule has 0 saturated heterocycles. The van der Waals surface area contributed by atoms with Crippen molar-refractivity contribution in [1.82, 2.24) is 0 Å². The van der Waals surface area contributed by atoms with Crippen LogP contribution in [0.5, 0.6) is 0 Å². The number of amides is 1. The molecule has 116 valence electrons. The molecule has 3 aromatic carbocycles. The van der Waals surface area contributed by atoms with E-state index >= 15 is 0 Å². The topological polar surface area (TPSA) is 84.6 Å². The van der Waals surface area contributed by atoms with Crippen molar-refractivity contribution in [2.24, 2.45) is 4.99 Å². The summed E-state index contributed by atoms with van der Waals surface area (Å²) < 4.78 is 0. The zero-order valence-electron chi connectivity index (χ0n) is 12.4. The van der Waals surface area contributed by atoms with Crippen LogP contribution in [0, 0.1) is 10.1 Å². The largest absolute Gasteiger partial charge is 0.320 e. The number of carbonyl (C=O) groups excluding carboxylic acids is 1. The van der Waals surface area contributed by atoms with E-state index in [2.05, 4.69) is 10.3 Å². The van der Waals surface area contributed by atoms with Crippen molar-refractivity contribution < 1.29 is 9.72 Å². The molecule has 0 atom stereocenters. The minimum absolute atomic E-state index is 0.0727. The quantitative estimate of drug-likeness (QED) is 0.576. The Morgan fingerprint density at radius 1 is 0.958 bits per heavy atom. The minimum Gasteiger partial charge on any atom is -0.320 e. The molecule has 0 radical (unpaired) electrons. The maximum absolute atomic E-state index is 12.2. The molecule has 0 spiro atoms. The summed E-state index contributed by atoms with van der Waals surface area (Å²) in [6.45, 7) is 0. The Morgan fingerprint density at radius 3 is 2.54 bits per heavy atom. The number of benzene rings is 3. The van der Waals surface area contributed by atoms with Gasteiger partial charge in [0.2, 0.25) is 0 Å². The van der Waals surface area contributed by atoms with Crippen molar-refractivity contribution in [3.8, 4) is 0 Å². The number of nitrogens with one attached hydrogen (secondary N) is 1. The van der Waals surface area contributed by atoms with E-state index in [9.17, 15) is 14.9 Å². The SMILES string of the molecule is O=C1Nc2ccc([N+](=O)[O-])cc2C1=Nc1ccc2ccccc2c1. The predicted octanol–water partition coefficient (Wildman–Crippen LogP) is 3.82. The number of non-ortho nitro benzene ring substituents is 1. The van der Waals surface area contributed by atoms with Crippen molar-refractivity contribution in [3.63, 3.8) is 0 Å². The monoisotopic (exact) mass is 317 g/mol. The first-order valence-corrected chi connectivity index (χ1v) is 7.29. The predicted molar refractivity (Wildman–Crippen MR) is 91.9 cm³/mol. The molecule has 0 aliphatic carbocycles. The van der Waals surface area contributed by atoms with Gasteiger partial charge in [0.25, 0.3) is 11.6 Å². The van der Waals surface area contributed by atoms with Crippen LogP contribution in [0.1, 0.15) is 5.56 Å². The zero-order valence-corrected chi connectivity index (χ0v) is 12.4. The molecule has 1 aliphatic heterocycles. The number of nitro benzene ring substituents is 1. The lowest BCUT2D eigenvalue weighted by molar-refractivity contribution is -0.384. The van der Waals surface area contributed by atoms with Gasteiger partial charge in [-0.1, -0.05) is 30.3 Å². The van der Waals surface area contributed by atoms with Crippen LogP contribution in [0.4, 0.5) is 17.1 Å². The first-order valence-electron chi connectivity index (χ1n) is 7.29. The highest BCUT2D eigenvalue weighted by Crippen LogP contribution is 2.30. The van der Waals surface area contributed by atoms with E-state index in [1.807, 2.05) is 42.5 Å². The smallest absolute Gasteiger partial charge is 0.275 e. The molecule has 1 amide bonds. The molecule has 4 rings (SSSR count). The summed E-state index contributed by atoms with van der Waals surface area (Å²) >= 11 is 0. The zero-order chi connectivity index (χ0) is 16.7. The van der Waals surface area contributed by atoms with Crippen molar-refractivity contribution in [1.29, 1.82) is 0 Å². The number of nitrogens with zero attached hydrogens (tertiary/aromatic N) is 2. The van der Waals surface area contributed by atoms with Gasteiger partial charge in [0.05, 0.1) is 16.3 Å². The first-order chi connectivity index (χ1) is 11.6. The molecular formula is C18H11N3O3. The van der Waals surface area contributed by atoms with Crippen LogP contribution in [0.15, 0.2) is 65.7 Å². The second-order valence-corrected chi connectivity index (χ2v) is 5.43. The van der Waals surface area contributed by atoms with Crippen molar-refractivity contribution in [3.05, 3.63) is 76.3 Å². The molecule has 6 heteroatoms. The summed E-state index contributed by atoms with van der Waals surface area (Å²) in [5.74, 6) is -0.362. The fourth-order valence-electron chi connectivity index (χ4n) is 2.74. The molecule has 24 heavy (non-hydrogen) atoms. The first kappa shape index (κ1) is 14.1. The van der Waals surface area contributed by atoms with Gasteiger partial charge in [-0.05, 0) is 29.0 Å². The molecular weight excluding hydrogens is 306 g/mol. The second kappa shape index (κ2) is 5.27. The van der Waals surface area contributed by atoms with Crippen LogP contribution < -0.4 is 5.32 Å². The van der Waals surface area contributed by atoms with Crippen molar-refractivity contribution in [2.45, 2.75) is 0 Å². The lowest BCUT2D eigenvalue weighted by Gasteiger charge is -2.01. The molecule has 0 fully saturated rings. The highest BCUT2D eigenvalue weighted by Gasteiger charge is 2.28. The molecule has 0 bridgehead atoms. The third kappa shape index (κ3) is 2.30. The number of anilines is 1. The van der Waals surface area contributed by atoms with E-state index in [1.54, 1.807) is 0 Å². The lowest BCUT2D eigenvalue weighted by Crippen LogP contribution is -2.13. The number of aliphatic imine (C=N–C) groups is 1. The van der Waals surface area contributed by atoms with Gasteiger partial charge >= 0.3 is 0 Å². The average Bonchev–Trinajstić information content (AvgIpc) is 2.89. The van der Waals surface area contributed by atoms with Gasteiger partial charge in [0.1, 0.15) is 5.71 Å². The van der Waals surface area contributed by atoms with E-state index < -0.39 is 4.92 Å². The van der Waals surface area contributed by atoms with Gasteiger partial charge in [-0.15, -0.1) is 0 Å². The van der Waals surface area contributed by atoms with E-state index in [1.165, 1.54) is 18.2 Å². The van der Waals surface area contributed by atoms with Crippen LogP contribution in [-0.4, -0.2) is 16.5 Å². The van der Waals surface area contributed by atoms with E-state index in [0.717, 1.165) is 10.8 Å². The summed E-state index contributed by atoms with van der Waals surface area (Å²) in [7, 11) is 0. The Balaban J connectivity index is 1.83. The standard InChI is InChI=1S/C18H11N3O3/c22-18-17(15-10-14(21(23)24)7-8-16(15)20-18)19-13-6-5-11-3-1-2-4-12(11)9-13/h1-10H,(H,19,20,22). The number of carbonyl (C=O) groups is 1. The van der Waals surface area contributed by atoms with Gasteiger partial charge in [0, 0.05) is 17.7 Å². The van der Waals surface area contributed by atoms with E-state index in [0.29, 0.717) is 16.9 Å². The second-order valence-electron chi connectivity index (χ2n) is 5.43. The van der Waals surface area contributed by atoms with Gasteiger partial charge in [-0.25, -0.2) is 4.99 Å². The molecule has 0 unspecified atom stereocenters. The summed E-state index contributed by atoms with van der Waals surface area (Å²) in [6.07, 6.45) is 0.